The first-order valence-corrected chi connectivity index (χ1v) is 6.82. The molecule has 98 valence electrons. The van der Waals surface area contributed by atoms with Crippen LogP contribution in [0.15, 0.2) is 0 Å². The molecule has 0 heterocycles. The minimum atomic E-state index is -0.366. The molecular weight excluding hydrogens is 230 g/mol. The lowest BCUT2D eigenvalue weighted by Crippen LogP contribution is -2.40. The van der Waals surface area contributed by atoms with Crippen LogP contribution in [0, 0.1) is 11.8 Å². The van der Waals surface area contributed by atoms with Gasteiger partial charge >= 0.3 is 0 Å². The van der Waals surface area contributed by atoms with Gasteiger partial charge in [0, 0.05) is 0 Å². The van der Waals surface area contributed by atoms with Gasteiger partial charge in [-0.15, -0.1) is 0 Å². The summed E-state index contributed by atoms with van der Waals surface area (Å²) < 4.78 is 0. The number of carbonyl (C=O) groups excluding carboxylic acids is 1. The van der Waals surface area contributed by atoms with Crippen LogP contribution < -0.4 is 0 Å². The van der Waals surface area contributed by atoms with Gasteiger partial charge in [-0.2, -0.15) is 0 Å². The highest BCUT2D eigenvalue weighted by molar-refractivity contribution is 7.97. The lowest BCUT2D eigenvalue weighted by Gasteiger charge is -2.30. The van der Waals surface area contributed by atoms with Gasteiger partial charge in [0.15, 0.2) is 0 Å². The number of rotatable bonds is 7. The van der Waals surface area contributed by atoms with E-state index < -0.39 is 0 Å². The second-order valence-corrected chi connectivity index (χ2v) is 5.36. The SMILES string of the molecule is CCCCCCCN(C)C(C)(C)C#CC(=O)S. The predicted octanol–water partition coefficient (Wildman–Crippen LogP) is 3.13. The number of carbonyl (C=O) groups is 1. The number of thiol groups is 1. The molecule has 0 saturated heterocycles. The summed E-state index contributed by atoms with van der Waals surface area (Å²) in [6.45, 7) is 7.30. The number of unbranched alkanes of at least 4 members (excludes halogenated alkanes) is 4. The fraction of sp³-hybridized carbons (Fsp3) is 0.786. The van der Waals surface area contributed by atoms with Crippen LogP contribution >= 0.6 is 12.6 Å². The van der Waals surface area contributed by atoms with E-state index in [9.17, 15) is 4.79 Å². The second kappa shape index (κ2) is 8.60. The van der Waals surface area contributed by atoms with Gasteiger partial charge in [-0.3, -0.25) is 9.69 Å². The van der Waals surface area contributed by atoms with Gasteiger partial charge in [-0.25, -0.2) is 0 Å². The van der Waals surface area contributed by atoms with Crippen molar-refractivity contribution < 1.29 is 4.79 Å². The highest BCUT2D eigenvalue weighted by Crippen LogP contribution is 2.12. The Kier molecular flexibility index (Phi) is 8.37. The maximum Gasteiger partial charge on any atom is 0.259 e. The summed E-state index contributed by atoms with van der Waals surface area (Å²) in [5.41, 5.74) is -0.261. The third-order valence-electron chi connectivity index (χ3n) is 3.03. The van der Waals surface area contributed by atoms with Crippen molar-refractivity contribution >= 4 is 17.7 Å². The van der Waals surface area contributed by atoms with E-state index in [0.29, 0.717) is 0 Å². The largest absolute Gasteiger partial charge is 0.291 e. The van der Waals surface area contributed by atoms with Crippen LogP contribution in [0.3, 0.4) is 0 Å². The van der Waals surface area contributed by atoms with Crippen molar-refractivity contribution in [2.24, 2.45) is 0 Å². The van der Waals surface area contributed by atoms with E-state index in [-0.39, 0.29) is 10.7 Å². The minimum Gasteiger partial charge on any atom is -0.291 e. The average Bonchev–Trinajstić information content (AvgIpc) is 2.26. The third kappa shape index (κ3) is 8.29. The molecule has 0 atom stereocenters. The molecule has 17 heavy (non-hydrogen) atoms. The van der Waals surface area contributed by atoms with Crippen molar-refractivity contribution in [1.82, 2.24) is 4.90 Å². The first-order chi connectivity index (χ1) is 7.90. The summed E-state index contributed by atoms with van der Waals surface area (Å²) in [7, 11) is 2.05. The van der Waals surface area contributed by atoms with Gasteiger partial charge in [0.2, 0.25) is 0 Å². The average molecular weight is 255 g/mol. The molecule has 0 unspecified atom stereocenters. The van der Waals surface area contributed by atoms with Gasteiger partial charge in [0.05, 0.1) is 5.54 Å². The highest BCUT2D eigenvalue weighted by Gasteiger charge is 2.20. The number of nitrogens with zero attached hydrogens (tertiary/aromatic N) is 1. The molecule has 0 fully saturated rings. The van der Waals surface area contributed by atoms with E-state index in [0.717, 1.165) is 6.54 Å². The second-order valence-electron chi connectivity index (χ2n) is 4.95. The Hall–Kier alpha value is -0.460. The molecule has 0 aliphatic carbocycles. The zero-order valence-corrected chi connectivity index (χ0v) is 12.4. The number of hydrogen-bond acceptors (Lipinski definition) is 2. The number of hydrogen-bond donors (Lipinski definition) is 1. The van der Waals surface area contributed by atoms with Crippen LogP contribution in [-0.2, 0) is 4.79 Å². The van der Waals surface area contributed by atoms with Gasteiger partial charge in [-0.1, -0.05) is 51.2 Å². The Labute approximate surface area is 112 Å². The van der Waals surface area contributed by atoms with Crippen molar-refractivity contribution in [3.8, 4) is 11.8 Å². The van der Waals surface area contributed by atoms with Crippen LogP contribution in [-0.4, -0.2) is 29.1 Å². The van der Waals surface area contributed by atoms with E-state index in [1.807, 2.05) is 13.8 Å². The summed E-state index contributed by atoms with van der Waals surface area (Å²) in [6, 6.07) is 0. The van der Waals surface area contributed by atoms with Crippen molar-refractivity contribution in [2.45, 2.75) is 58.4 Å². The molecule has 0 N–H and O–H groups in total. The maximum atomic E-state index is 10.7. The molecular formula is C14H25NOS. The van der Waals surface area contributed by atoms with Crippen molar-refractivity contribution in [1.29, 1.82) is 0 Å². The minimum absolute atomic E-state index is 0.261. The molecule has 0 amide bonds. The summed E-state index contributed by atoms with van der Waals surface area (Å²) >= 11 is 3.66. The van der Waals surface area contributed by atoms with Crippen LogP contribution in [0.5, 0.6) is 0 Å². The maximum absolute atomic E-state index is 10.7. The molecule has 0 aliphatic rings. The molecule has 3 heteroatoms. The summed E-state index contributed by atoms with van der Waals surface area (Å²) in [5.74, 6) is 5.47. The smallest absolute Gasteiger partial charge is 0.259 e. The Morgan fingerprint density at radius 1 is 1.24 bits per heavy atom. The van der Waals surface area contributed by atoms with Gasteiger partial charge in [0.25, 0.3) is 5.12 Å². The van der Waals surface area contributed by atoms with E-state index in [1.54, 1.807) is 0 Å². The van der Waals surface area contributed by atoms with Crippen molar-refractivity contribution in [3.05, 3.63) is 0 Å². The first kappa shape index (κ1) is 16.5. The summed E-state index contributed by atoms with van der Waals surface area (Å²) in [5, 5.41) is -0.366. The molecule has 0 aromatic heterocycles. The van der Waals surface area contributed by atoms with Gasteiger partial charge in [0.1, 0.15) is 0 Å². The monoisotopic (exact) mass is 255 g/mol. The Morgan fingerprint density at radius 3 is 2.35 bits per heavy atom. The Balaban J connectivity index is 4.00. The quantitative estimate of drug-likeness (QED) is 0.428. The van der Waals surface area contributed by atoms with E-state index >= 15 is 0 Å². The van der Waals surface area contributed by atoms with Gasteiger partial charge < -0.3 is 0 Å². The normalized spacial score (nSPS) is 11.2. The Morgan fingerprint density at radius 2 is 1.82 bits per heavy atom. The molecule has 0 aromatic rings. The molecule has 0 aromatic carbocycles. The van der Waals surface area contributed by atoms with Crippen LogP contribution in [0.25, 0.3) is 0 Å². The Bertz CT molecular complexity index is 288. The molecule has 0 rings (SSSR count). The van der Waals surface area contributed by atoms with Crippen LogP contribution in [0.4, 0.5) is 0 Å². The fourth-order valence-corrected chi connectivity index (χ4v) is 1.59. The molecule has 0 spiro atoms. The zero-order valence-electron chi connectivity index (χ0n) is 11.5. The van der Waals surface area contributed by atoms with Crippen LogP contribution in [0.2, 0.25) is 0 Å². The zero-order chi connectivity index (χ0) is 13.3. The van der Waals surface area contributed by atoms with E-state index in [4.69, 9.17) is 0 Å². The predicted molar refractivity (Wildman–Crippen MR) is 77.2 cm³/mol. The summed E-state index contributed by atoms with van der Waals surface area (Å²) in [6.07, 6.45) is 6.37. The first-order valence-electron chi connectivity index (χ1n) is 6.37. The van der Waals surface area contributed by atoms with Crippen LogP contribution in [0.1, 0.15) is 52.9 Å². The fourth-order valence-electron chi connectivity index (χ4n) is 1.53. The molecule has 0 saturated carbocycles. The molecule has 0 bridgehead atoms. The topological polar surface area (TPSA) is 20.3 Å². The molecule has 2 nitrogen and oxygen atoms in total. The van der Waals surface area contributed by atoms with Gasteiger partial charge in [-0.05, 0) is 39.8 Å². The highest BCUT2D eigenvalue weighted by atomic mass is 32.1. The van der Waals surface area contributed by atoms with E-state index in [2.05, 4.69) is 43.3 Å². The molecule has 0 aliphatic heterocycles. The van der Waals surface area contributed by atoms with E-state index in [1.165, 1.54) is 32.1 Å². The third-order valence-corrected chi connectivity index (χ3v) is 3.14. The summed E-state index contributed by atoms with van der Waals surface area (Å²) in [4.78, 5) is 12.9. The van der Waals surface area contributed by atoms with Crippen molar-refractivity contribution in [2.75, 3.05) is 13.6 Å². The molecule has 0 radical (unpaired) electrons. The lowest BCUT2D eigenvalue weighted by molar-refractivity contribution is -0.106. The lowest BCUT2D eigenvalue weighted by atomic mass is 10.0. The van der Waals surface area contributed by atoms with Crippen molar-refractivity contribution in [3.63, 3.8) is 0 Å². The standard InChI is InChI=1S/C14H25NOS/c1-5-6-7-8-9-12-15(4)14(2,3)11-10-13(16)17/h5-9,12H2,1-4H3,(H,16,17).